The minimum absolute atomic E-state index is 0.249. The van der Waals surface area contributed by atoms with Crippen LogP contribution in [0.25, 0.3) is 10.9 Å². The standard InChI is InChI=1S/C18H16FN3O2S/c1-10-7-8-12(9-14(10)19)20-16(23)11(2)25-18-21-15-6-4-3-5-13(15)17(24)22-18/h3-9,11H,1-2H3,(H,20,23)(H,21,22,24)/t11-/m1/s1. The molecule has 1 aromatic heterocycles. The molecule has 0 aliphatic heterocycles. The average Bonchev–Trinajstić information content (AvgIpc) is 2.58. The molecule has 128 valence electrons. The second kappa shape index (κ2) is 7.06. The van der Waals surface area contributed by atoms with Crippen LogP contribution in [0.3, 0.4) is 0 Å². The third kappa shape index (κ3) is 3.88. The summed E-state index contributed by atoms with van der Waals surface area (Å²) in [5.74, 6) is -0.678. The van der Waals surface area contributed by atoms with Gasteiger partial charge >= 0.3 is 0 Å². The van der Waals surface area contributed by atoms with Gasteiger partial charge in [0.1, 0.15) is 5.82 Å². The molecule has 0 bridgehead atoms. The van der Waals surface area contributed by atoms with E-state index in [4.69, 9.17) is 0 Å². The lowest BCUT2D eigenvalue weighted by molar-refractivity contribution is -0.115. The number of aromatic amines is 1. The number of nitrogens with one attached hydrogen (secondary N) is 2. The molecular formula is C18H16FN3O2S. The van der Waals surface area contributed by atoms with Crippen LogP contribution in [0, 0.1) is 12.7 Å². The number of nitrogens with zero attached hydrogens (tertiary/aromatic N) is 1. The molecule has 2 N–H and O–H groups in total. The quantitative estimate of drug-likeness (QED) is 0.554. The average molecular weight is 357 g/mol. The zero-order valence-electron chi connectivity index (χ0n) is 13.7. The fraction of sp³-hybridized carbons (Fsp3) is 0.167. The van der Waals surface area contributed by atoms with Crippen LogP contribution < -0.4 is 10.9 Å². The number of thioether (sulfide) groups is 1. The first-order chi connectivity index (χ1) is 11.9. The van der Waals surface area contributed by atoms with Crippen LogP contribution in [-0.4, -0.2) is 21.1 Å². The molecule has 7 heteroatoms. The second-order valence-electron chi connectivity index (χ2n) is 5.60. The van der Waals surface area contributed by atoms with Gasteiger partial charge in [0.15, 0.2) is 5.16 Å². The van der Waals surface area contributed by atoms with Crippen LogP contribution >= 0.6 is 11.8 Å². The van der Waals surface area contributed by atoms with E-state index in [0.29, 0.717) is 27.3 Å². The lowest BCUT2D eigenvalue weighted by Crippen LogP contribution is -2.23. The number of carbonyl (C=O) groups is 1. The topological polar surface area (TPSA) is 74.8 Å². The van der Waals surface area contributed by atoms with Gasteiger partial charge in [0, 0.05) is 5.69 Å². The van der Waals surface area contributed by atoms with E-state index in [1.807, 2.05) is 0 Å². The largest absolute Gasteiger partial charge is 0.325 e. The lowest BCUT2D eigenvalue weighted by Gasteiger charge is -2.12. The summed E-state index contributed by atoms with van der Waals surface area (Å²) in [6, 6.07) is 11.5. The molecule has 0 saturated carbocycles. The Bertz CT molecular complexity index is 1000. The summed E-state index contributed by atoms with van der Waals surface area (Å²) in [7, 11) is 0. The van der Waals surface area contributed by atoms with Gasteiger partial charge in [-0.1, -0.05) is 30.0 Å². The van der Waals surface area contributed by atoms with E-state index in [1.165, 1.54) is 6.07 Å². The van der Waals surface area contributed by atoms with Gasteiger partial charge in [0.25, 0.3) is 5.56 Å². The van der Waals surface area contributed by atoms with Crippen LogP contribution in [0.15, 0.2) is 52.4 Å². The van der Waals surface area contributed by atoms with Gasteiger partial charge in [-0.05, 0) is 43.7 Å². The van der Waals surface area contributed by atoms with Crippen LogP contribution in [-0.2, 0) is 4.79 Å². The molecule has 1 amide bonds. The number of para-hydroxylation sites is 1. The van der Waals surface area contributed by atoms with E-state index in [9.17, 15) is 14.0 Å². The molecule has 0 saturated heterocycles. The number of amides is 1. The normalized spacial score (nSPS) is 12.1. The van der Waals surface area contributed by atoms with E-state index in [2.05, 4.69) is 15.3 Å². The van der Waals surface area contributed by atoms with E-state index in [1.54, 1.807) is 50.2 Å². The zero-order chi connectivity index (χ0) is 18.0. The van der Waals surface area contributed by atoms with Crippen molar-refractivity contribution in [2.75, 3.05) is 5.32 Å². The summed E-state index contributed by atoms with van der Waals surface area (Å²) in [5, 5.41) is 3.00. The highest BCUT2D eigenvalue weighted by Gasteiger charge is 2.17. The van der Waals surface area contributed by atoms with Crippen molar-refractivity contribution < 1.29 is 9.18 Å². The van der Waals surface area contributed by atoms with E-state index < -0.39 is 5.25 Å². The molecule has 3 rings (SSSR count). The molecule has 2 aromatic carbocycles. The van der Waals surface area contributed by atoms with Crippen molar-refractivity contribution in [3.63, 3.8) is 0 Å². The van der Waals surface area contributed by atoms with Gasteiger partial charge in [-0.3, -0.25) is 9.59 Å². The number of H-pyrrole nitrogens is 1. The third-order valence-electron chi connectivity index (χ3n) is 3.69. The SMILES string of the molecule is Cc1ccc(NC(=O)[C@@H](C)Sc2nc3ccccc3c(=O)[nH]2)cc1F. The van der Waals surface area contributed by atoms with Crippen molar-refractivity contribution in [2.45, 2.75) is 24.3 Å². The fourth-order valence-electron chi connectivity index (χ4n) is 2.26. The Hall–Kier alpha value is -2.67. The van der Waals surface area contributed by atoms with Crippen molar-refractivity contribution in [3.8, 4) is 0 Å². The van der Waals surface area contributed by atoms with Gasteiger partial charge in [-0.2, -0.15) is 0 Å². The number of hydrogen-bond acceptors (Lipinski definition) is 4. The number of fused-ring (bicyclic) bond motifs is 1. The smallest absolute Gasteiger partial charge is 0.259 e. The monoisotopic (exact) mass is 357 g/mol. The molecule has 0 aliphatic rings. The number of carbonyl (C=O) groups excluding carboxylic acids is 1. The van der Waals surface area contributed by atoms with Gasteiger partial charge < -0.3 is 10.3 Å². The minimum atomic E-state index is -0.520. The Morgan fingerprint density at radius 2 is 2.04 bits per heavy atom. The zero-order valence-corrected chi connectivity index (χ0v) is 14.5. The van der Waals surface area contributed by atoms with Crippen LogP contribution in [0.1, 0.15) is 12.5 Å². The number of aromatic nitrogens is 2. The molecule has 0 spiro atoms. The van der Waals surface area contributed by atoms with Crippen molar-refractivity contribution in [1.29, 1.82) is 0 Å². The summed E-state index contributed by atoms with van der Waals surface area (Å²) in [6.07, 6.45) is 0. The predicted molar refractivity (Wildman–Crippen MR) is 97.4 cm³/mol. The summed E-state index contributed by atoms with van der Waals surface area (Å²) >= 11 is 1.13. The predicted octanol–water partition coefficient (Wildman–Crippen LogP) is 3.49. The van der Waals surface area contributed by atoms with Gasteiger partial charge in [0.05, 0.1) is 16.2 Å². The number of benzene rings is 2. The van der Waals surface area contributed by atoms with Crippen LogP contribution in [0.2, 0.25) is 0 Å². The number of rotatable bonds is 4. The second-order valence-corrected chi connectivity index (χ2v) is 6.93. The minimum Gasteiger partial charge on any atom is -0.325 e. The number of aryl methyl sites for hydroxylation is 1. The lowest BCUT2D eigenvalue weighted by atomic mass is 10.2. The number of anilines is 1. The Morgan fingerprint density at radius 3 is 2.80 bits per heavy atom. The van der Waals surface area contributed by atoms with Crippen LogP contribution in [0.5, 0.6) is 0 Å². The van der Waals surface area contributed by atoms with Crippen molar-refractivity contribution in [3.05, 3.63) is 64.2 Å². The molecule has 1 heterocycles. The maximum atomic E-state index is 13.6. The molecule has 0 radical (unpaired) electrons. The van der Waals surface area contributed by atoms with Crippen molar-refractivity contribution in [1.82, 2.24) is 9.97 Å². The molecule has 25 heavy (non-hydrogen) atoms. The Labute approximate surface area is 147 Å². The summed E-state index contributed by atoms with van der Waals surface area (Å²) < 4.78 is 13.6. The number of hydrogen-bond donors (Lipinski definition) is 2. The van der Waals surface area contributed by atoms with E-state index in [0.717, 1.165) is 11.8 Å². The summed E-state index contributed by atoms with van der Waals surface area (Å²) in [4.78, 5) is 31.4. The van der Waals surface area contributed by atoms with E-state index in [-0.39, 0.29) is 17.3 Å². The van der Waals surface area contributed by atoms with Gasteiger partial charge in [-0.25, -0.2) is 9.37 Å². The fourth-order valence-corrected chi connectivity index (χ4v) is 3.06. The van der Waals surface area contributed by atoms with Crippen molar-refractivity contribution >= 4 is 34.3 Å². The number of halogens is 1. The first-order valence-electron chi connectivity index (χ1n) is 7.67. The summed E-state index contributed by atoms with van der Waals surface area (Å²) in [5.41, 5.74) is 1.22. The molecule has 5 nitrogen and oxygen atoms in total. The maximum Gasteiger partial charge on any atom is 0.259 e. The van der Waals surface area contributed by atoms with Crippen LogP contribution in [0.4, 0.5) is 10.1 Å². The summed E-state index contributed by atoms with van der Waals surface area (Å²) in [6.45, 7) is 3.35. The highest BCUT2D eigenvalue weighted by atomic mass is 32.2. The Kier molecular flexibility index (Phi) is 4.85. The van der Waals surface area contributed by atoms with Crippen molar-refractivity contribution in [2.24, 2.45) is 0 Å². The van der Waals surface area contributed by atoms with Gasteiger partial charge in [-0.15, -0.1) is 0 Å². The Morgan fingerprint density at radius 1 is 1.28 bits per heavy atom. The first-order valence-corrected chi connectivity index (χ1v) is 8.55. The third-order valence-corrected chi connectivity index (χ3v) is 4.67. The molecule has 0 unspecified atom stereocenters. The first kappa shape index (κ1) is 17.2. The molecular weight excluding hydrogens is 341 g/mol. The highest BCUT2D eigenvalue weighted by Crippen LogP contribution is 2.22. The maximum absolute atomic E-state index is 13.6. The molecule has 1 atom stereocenters. The highest BCUT2D eigenvalue weighted by molar-refractivity contribution is 8.00. The molecule has 0 aliphatic carbocycles. The molecule has 3 aromatic rings. The van der Waals surface area contributed by atoms with E-state index >= 15 is 0 Å². The molecule has 0 fully saturated rings. The Balaban J connectivity index is 1.75. The van der Waals surface area contributed by atoms with Gasteiger partial charge in [0.2, 0.25) is 5.91 Å².